The first kappa shape index (κ1) is 9.13. The lowest BCUT2D eigenvalue weighted by atomic mass is 10.4. The Hall–Kier alpha value is -1.44. The van der Waals surface area contributed by atoms with Crippen molar-refractivity contribution in [3.8, 4) is 12.3 Å². The highest BCUT2D eigenvalue weighted by molar-refractivity contribution is 7.18. The summed E-state index contributed by atoms with van der Waals surface area (Å²) in [7, 11) is 0. The van der Waals surface area contributed by atoms with Gasteiger partial charge in [0.1, 0.15) is 5.01 Å². The number of fused-ring (bicyclic) bond motifs is 1. The minimum Gasteiger partial charge on any atom is -0.300 e. The average molecular weight is 203 g/mol. The quantitative estimate of drug-likeness (QED) is 0.605. The zero-order valence-corrected chi connectivity index (χ0v) is 8.34. The third kappa shape index (κ3) is 1.90. The number of hydrogen-bond donors (Lipinski definition) is 1. The van der Waals surface area contributed by atoms with Gasteiger partial charge in [-0.05, 0) is 6.07 Å². The molecule has 2 aromatic heterocycles. The van der Waals surface area contributed by atoms with E-state index in [9.17, 15) is 0 Å². The van der Waals surface area contributed by atoms with Crippen molar-refractivity contribution in [2.24, 2.45) is 0 Å². The number of thiazole rings is 1. The van der Waals surface area contributed by atoms with Crippen LogP contribution in [0.15, 0.2) is 18.5 Å². The Kier molecular flexibility index (Phi) is 2.73. The standard InChI is InChI=1S/C10H9N3S/c1-2-4-11-7-10-13-8-6-12-5-3-9(8)14-10/h1,3,5-6,11H,4,7H2. The van der Waals surface area contributed by atoms with Crippen molar-refractivity contribution in [3.63, 3.8) is 0 Å². The van der Waals surface area contributed by atoms with Crippen molar-refractivity contribution < 1.29 is 0 Å². The minimum absolute atomic E-state index is 0.578. The van der Waals surface area contributed by atoms with E-state index in [0.717, 1.165) is 21.8 Å². The molecule has 0 saturated carbocycles. The van der Waals surface area contributed by atoms with E-state index in [2.05, 4.69) is 21.2 Å². The molecule has 0 saturated heterocycles. The SMILES string of the molecule is C#CCNCc1nc2cnccc2s1. The molecule has 4 heteroatoms. The van der Waals surface area contributed by atoms with Gasteiger partial charge in [-0.3, -0.25) is 10.3 Å². The van der Waals surface area contributed by atoms with Gasteiger partial charge in [-0.25, -0.2) is 4.98 Å². The van der Waals surface area contributed by atoms with Crippen LogP contribution in [0.5, 0.6) is 0 Å². The molecule has 0 atom stereocenters. The molecule has 2 heterocycles. The van der Waals surface area contributed by atoms with E-state index >= 15 is 0 Å². The Balaban J connectivity index is 2.15. The van der Waals surface area contributed by atoms with Gasteiger partial charge in [0.2, 0.25) is 0 Å². The fourth-order valence-electron chi connectivity index (χ4n) is 1.14. The first-order valence-electron chi connectivity index (χ1n) is 4.24. The topological polar surface area (TPSA) is 37.8 Å². The van der Waals surface area contributed by atoms with E-state index in [1.54, 1.807) is 23.7 Å². The molecule has 0 spiro atoms. The van der Waals surface area contributed by atoms with Gasteiger partial charge in [-0.1, -0.05) is 5.92 Å². The predicted molar refractivity (Wildman–Crippen MR) is 58.0 cm³/mol. The molecule has 2 aromatic rings. The van der Waals surface area contributed by atoms with Gasteiger partial charge in [0.25, 0.3) is 0 Å². The van der Waals surface area contributed by atoms with Gasteiger partial charge in [-0.2, -0.15) is 0 Å². The zero-order valence-electron chi connectivity index (χ0n) is 7.53. The Morgan fingerprint density at radius 1 is 1.57 bits per heavy atom. The Morgan fingerprint density at radius 3 is 3.29 bits per heavy atom. The summed E-state index contributed by atoms with van der Waals surface area (Å²) < 4.78 is 1.16. The van der Waals surface area contributed by atoms with Crippen LogP contribution in [0.25, 0.3) is 10.2 Å². The van der Waals surface area contributed by atoms with E-state index in [1.165, 1.54) is 0 Å². The molecule has 1 N–H and O–H groups in total. The number of hydrogen-bond acceptors (Lipinski definition) is 4. The Morgan fingerprint density at radius 2 is 2.50 bits per heavy atom. The monoisotopic (exact) mass is 203 g/mol. The lowest BCUT2D eigenvalue weighted by Crippen LogP contribution is -2.12. The van der Waals surface area contributed by atoms with Gasteiger partial charge < -0.3 is 0 Å². The molecule has 14 heavy (non-hydrogen) atoms. The summed E-state index contributed by atoms with van der Waals surface area (Å²) in [6.45, 7) is 1.30. The number of nitrogens with one attached hydrogen (secondary N) is 1. The molecule has 0 unspecified atom stereocenters. The average Bonchev–Trinajstić information content (AvgIpc) is 2.60. The largest absolute Gasteiger partial charge is 0.300 e. The number of rotatable bonds is 3. The summed E-state index contributed by atoms with van der Waals surface area (Å²) in [5.41, 5.74) is 0.954. The lowest BCUT2D eigenvalue weighted by Gasteiger charge is -1.93. The highest BCUT2D eigenvalue weighted by Crippen LogP contribution is 2.20. The van der Waals surface area contributed by atoms with E-state index < -0.39 is 0 Å². The molecule has 0 aliphatic carbocycles. The fourth-order valence-corrected chi connectivity index (χ4v) is 2.05. The van der Waals surface area contributed by atoms with E-state index in [-0.39, 0.29) is 0 Å². The summed E-state index contributed by atoms with van der Waals surface area (Å²) in [6, 6.07) is 1.97. The van der Waals surface area contributed by atoms with Crippen LogP contribution in [0.2, 0.25) is 0 Å². The molecule has 0 amide bonds. The van der Waals surface area contributed by atoms with Gasteiger partial charge >= 0.3 is 0 Å². The highest BCUT2D eigenvalue weighted by Gasteiger charge is 2.01. The third-order valence-corrected chi connectivity index (χ3v) is 2.77. The van der Waals surface area contributed by atoms with Crippen LogP contribution in [-0.2, 0) is 6.54 Å². The minimum atomic E-state index is 0.578. The zero-order chi connectivity index (χ0) is 9.80. The summed E-state index contributed by atoms with van der Waals surface area (Å²) in [6.07, 6.45) is 8.68. The Bertz CT molecular complexity index is 436. The van der Waals surface area contributed by atoms with Crippen LogP contribution in [0.4, 0.5) is 0 Å². The molecule has 2 rings (SSSR count). The molecule has 0 bridgehead atoms. The third-order valence-electron chi connectivity index (χ3n) is 1.74. The lowest BCUT2D eigenvalue weighted by molar-refractivity contribution is 0.766. The molecular formula is C10H9N3S. The number of nitrogens with zero attached hydrogens (tertiary/aromatic N) is 2. The highest BCUT2D eigenvalue weighted by atomic mass is 32.1. The van der Waals surface area contributed by atoms with Crippen LogP contribution >= 0.6 is 11.3 Å². The van der Waals surface area contributed by atoms with Crippen molar-refractivity contribution in [2.75, 3.05) is 6.54 Å². The van der Waals surface area contributed by atoms with Crippen molar-refractivity contribution in [1.29, 1.82) is 0 Å². The van der Waals surface area contributed by atoms with E-state index in [1.807, 2.05) is 6.07 Å². The maximum Gasteiger partial charge on any atom is 0.108 e. The van der Waals surface area contributed by atoms with Crippen molar-refractivity contribution >= 4 is 21.6 Å². The summed E-state index contributed by atoms with van der Waals surface area (Å²) in [4.78, 5) is 8.42. The summed E-state index contributed by atoms with van der Waals surface area (Å²) in [5, 5.41) is 4.15. The van der Waals surface area contributed by atoms with Crippen molar-refractivity contribution in [2.45, 2.75) is 6.54 Å². The first-order chi connectivity index (χ1) is 6.90. The first-order valence-corrected chi connectivity index (χ1v) is 5.05. The van der Waals surface area contributed by atoms with Crippen LogP contribution in [0.3, 0.4) is 0 Å². The second-order valence-electron chi connectivity index (χ2n) is 2.76. The molecule has 0 aromatic carbocycles. The number of pyridine rings is 1. The van der Waals surface area contributed by atoms with Crippen LogP contribution in [0, 0.1) is 12.3 Å². The van der Waals surface area contributed by atoms with Gasteiger partial charge in [0.05, 0.1) is 23.0 Å². The molecule has 0 fully saturated rings. The normalized spacial score (nSPS) is 10.2. The molecular weight excluding hydrogens is 194 g/mol. The molecule has 0 aliphatic rings. The van der Waals surface area contributed by atoms with Crippen LogP contribution < -0.4 is 5.32 Å². The van der Waals surface area contributed by atoms with E-state index in [0.29, 0.717) is 6.54 Å². The van der Waals surface area contributed by atoms with Crippen LogP contribution in [0.1, 0.15) is 5.01 Å². The number of terminal acetylenes is 1. The van der Waals surface area contributed by atoms with Gasteiger partial charge in [-0.15, -0.1) is 17.8 Å². The van der Waals surface area contributed by atoms with E-state index in [4.69, 9.17) is 6.42 Å². The summed E-state index contributed by atoms with van der Waals surface area (Å²) >= 11 is 1.67. The fraction of sp³-hybridized carbons (Fsp3) is 0.200. The maximum atomic E-state index is 5.13. The van der Waals surface area contributed by atoms with Crippen molar-refractivity contribution in [3.05, 3.63) is 23.5 Å². The Labute approximate surface area is 86.2 Å². The predicted octanol–water partition coefficient (Wildman–Crippen LogP) is 1.41. The second-order valence-corrected chi connectivity index (χ2v) is 3.87. The van der Waals surface area contributed by atoms with Gasteiger partial charge in [0.15, 0.2) is 0 Å². The smallest absolute Gasteiger partial charge is 0.108 e. The van der Waals surface area contributed by atoms with Crippen LogP contribution in [-0.4, -0.2) is 16.5 Å². The molecule has 0 aliphatic heterocycles. The van der Waals surface area contributed by atoms with Crippen molar-refractivity contribution in [1.82, 2.24) is 15.3 Å². The maximum absolute atomic E-state index is 5.13. The molecule has 0 radical (unpaired) electrons. The molecule has 3 nitrogen and oxygen atoms in total. The summed E-state index contributed by atoms with van der Waals surface area (Å²) in [5.74, 6) is 2.53. The van der Waals surface area contributed by atoms with Gasteiger partial charge in [0, 0.05) is 12.7 Å². The molecule has 70 valence electrons. The number of aromatic nitrogens is 2. The second kappa shape index (κ2) is 4.18.